The smallest absolute Gasteiger partial charge is 0.244 e. The van der Waals surface area contributed by atoms with Gasteiger partial charge in [-0.1, -0.05) is 18.5 Å². The van der Waals surface area contributed by atoms with Crippen molar-refractivity contribution in [2.24, 2.45) is 5.92 Å². The molecule has 2 atom stereocenters. The summed E-state index contributed by atoms with van der Waals surface area (Å²) in [5, 5.41) is 0.0452. The molecule has 0 aliphatic carbocycles. The number of piperidine rings is 1. The average molecular weight is 335 g/mol. The maximum Gasteiger partial charge on any atom is 0.244 e. The molecule has 1 aliphatic rings. The molecule has 1 aromatic carbocycles. The van der Waals surface area contributed by atoms with Gasteiger partial charge in [0.2, 0.25) is 10.0 Å². The van der Waals surface area contributed by atoms with Gasteiger partial charge in [-0.2, -0.15) is 4.31 Å². The molecule has 21 heavy (non-hydrogen) atoms. The predicted molar refractivity (Wildman–Crippen MR) is 81.4 cm³/mol. The standard InChI is InChI=1S/C14H20ClFN2O2S/c1-10-9-17(2)7-6-13(10)18(3)21(19,20)14-8-11(16)4-5-12(14)15/h4-5,8,10,13H,6-7,9H2,1-3H3. The molecule has 4 nitrogen and oxygen atoms in total. The molecule has 0 bridgehead atoms. The van der Waals surface area contributed by atoms with Crippen molar-refractivity contribution < 1.29 is 12.8 Å². The zero-order valence-electron chi connectivity index (χ0n) is 12.4. The van der Waals surface area contributed by atoms with E-state index in [2.05, 4.69) is 4.90 Å². The molecule has 118 valence electrons. The SMILES string of the molecule is CC1CN(C)CCC1N(C)S(=O)(=O)c1cc(F)ccc1Cl. The second-order valence-corrected chi connectivity index (χ2v) is 8.06. The topological polar surface area (TPSA) is 40.6 Å². The van der Waals surface area contributed by atoms with E-state index in [4.69, 9.17) is 11.6 Å². The maximum atomic E-state index is 13.4. The first-order chi connectivity index (χ1) is 9.73. The van der Waals surface area contributed by atoms with Crippen molar-refractivity contribution in [3.8, 4) is 0 Å². The second kappa shape index (κ2) is 6.20. The van der Waals surface area contributed by atoms with E-state index in [9.17, 15) is 12.8 Å². The van der Waals surface area contributed by atoms with Crippen LogP contribution in [-0.4, -0.2) is 50.8 Å². The number of hydrogen-bond donors (Lipinski definition) is 0. The zero-order chi connectivity index (χ0) is 15.8. The molecule has 2 unspecified atom stereocenters. The van der Waals surface area contributed by atoms with Gasteiger partial charge in [0.05, 0.1) is 5.02 Å². The number of likely N-dealkylation sites (tertiary alicyclic amines) is 1. The first-order valence-electron chi connectivity index (χ1n) is 6.85. The Morgan fingerprint density at radius 2 is 2.10 bits per heavy atom. The fourth-order valence-electron chi connectivity index (χ4n) is 2.89. The fraction of sp³-hybridized carbons (Fsp3) is 0.571. The van der Waals surface area contributed by atoms with Gasteiger partial charge in [0, 0.05) is 19.6 Å². The van der Waals surface area contributed by atoms with Crippen LogP contribution in [0.25, 0.3) is 0 Å². The third kappa shape index (κ3) is 3.39. The summed E-state index contributed by atoms with van der Waals surface area (Å²) in [4.78, 5) is 2.01. The third-order valence-corrected chi connectivity index (χ3v) is 6.44. The number of benzene rings is 1. The number of nitrogens with zero attached hydrogens (tertiary/aromatic N) is 2. The summed E-state index contributed by atoms with van der Waals surface area (Å²) in [6, 6.07) is 3.30. The summed E-state index contributed by atoms with van der Waals surface area (Å²) < 4.78 is 40.1. The first-order valence-corrected chi connectivity index (χ1v) is 8.67. The summed E-state index contributed by atoms with van der Waals surface area (Å²) in [7, 11) is -0.236. The van der Waals surface area contributed by atoms with Crippen LogP contribution in [0.2, 0.25) is 5.02 Å². The van der Waals surface area contributed by atoms with Crippen molar-refractivity contribution in [1.29, 1.82) is 0 Å². The van der Waals surface area contributed by atoms with E-state index in [1.165, 1.54) is 10.4 Å². The van der Waals surface area contributed by atoms with Crippen molar-refractivity contribution in [2.45, 2.75) is 24.3 Å². The molecule has 0 N–H and O–H groups in total. The van der Waals surface area contributed by atoms with Gasteiger partial charge in [-0.25, -0.2) is 12.8 Å². The van der Waals surface area contributed by atoms with Crippen LogP contribution >= 0.6 is 11.6 Å². The Bertz CT molecular complexity index is 623. The summed E-state index contributed by atoms with van der Waals surface area (Å²) in [5.41, 5.74) is 0. The highest BCUT2D eigenvalue weighted by molar-refractivity contribution is 7.89. The number of sulfonamides is 1. The molecule has 0 radical (unpaired) electrons. The lowest BCUT2D eigenvalue weighted by Crippen LogP contribution is -2.49. The number of rotatable bonds is 3. The maximum absolute atomic E-state index is 13.4. The van der Waals surface area contributed by atoms with E-state index < -0.39 is 15.8 Å². The molecule has 7 heteroatoms. The van der Waals surface area contributed by atoms with E-state index in [0.29, 0.717) is 0 Å². The van der Waals surface area contributed by atoms with Crippen molar-refractivity contribution >= 4 is 21.6 Å². The molecule has 1 saturated heterocycles. The quantitative estimate of drug-likeness (QED) is 0.852. The first kappa shape index (κ1) is 16.7. The van der Waals surface area contributed by atoms with Crippen molar-refractivity contribution in [1.82, 2.24) is 9.21 Å². The van der Waals surface area contributed by atoms with Gasteiger partial charge < -0.3 is 4.90 Å². The molecule has 0 spiro atoms. The molecule has 0 saturated carbocycles. The van der Waals surface area contributed by atoms with Crippen molar-refractivity contribution in [2.75, 3.05) is 27.2 Å². The van der Waals surface area contributed by atoms with Crippen LogP contribution in [0.4, 0.5) is 4.39 Å². The summed E-state index contributed by atoms with van der Waals surface area (Å²) in [6.07, 6.45) is 0.750. The summed E-state index contributed by atoms with van der Waals surface area (Å²) in [6.45, 7) is 3.70. The largest absolute Gasteiger partial charge is 0.306 e. The van der Waals surface area contributed by atoms with Gasteiger partial charge in [0.15, 0.2) is 0 Å². The van der Waals surface area contributed by atoms with Crippen LogP contribution in [0.15, 0.2) is 23.1 Å². The molecule has 1 heterocycles. The lowest BCUT2D eigenvalue weighted by molar-refractivity contribution is 0.139. The van der Waals surface area contributed by atoms with Gasteiger partial charge in [0.1, 0.15) is 10.7 Å². The lowest BCUT2D eigenvalue weighted by Gasteiger charge is -2.39. The number of halogens is 2. The molecule has 1 aliphatic heterocycles. The Morgan fingerprint density at radius 3 is 2.71 bits per heavy atom. The van der Waals surface area contributed by atoms with E-state index in [-0.39, 0.29) is 21.9 Å². The molecule has 0 aromatic heterocycles. The molecule has 0 amide bonds. The highest BCUT2D eigenvalue weighted by atomic mass is 35.5. The Kier molecular flexibility index (Phi) is 4.92. The van der Waals surface area contributed by atoms with Crippen molar-refractivity contribution in [3.63, 3.8) is 0 Å². The molecule has 2 rings (SSSR count). The Hall–Kier alpha value is -0.690. The minimum absolute atomic E-state index is 0.0452. The van der Waals surface area contributed by atoms with Gasteiger partial charge in [-0.3, -0.25) is 0 Å². The summed E-state index contributed by atoms with van der Waals surface area (Å²) >= 11 is 5.94. The van der Waals surface area contributed by atoms with E-state index in [1.54, 1.807) is 7.05 Å². The Labute approximate surface area is 130 Å². The van der Waals surface area contributed by atoms with Crippen LogP contribution in [0.1, 0.15) is 13.3 Å². The Morgan fingerprint density at radius 1 is 1.43 bits per heavy atom. The van der Waals surface area contributed by atoms with Gasteiger partial charge in [-0.05, 0) is 44.1 Å². The monoisotopic (exact) mass is 334 g/mol. The molecular formula is C14H20ClFN2O2S. The van der Waals surface area contributed by atoms with Crippen LogP contribution in [0, 0.1) is 11.7 Å². The lowest BCUT2D eigenvalue weighted by atomic mass is 9.94. The minimum atomic E-state index is -3.80. The summed E-state index contributed by atoms with van der Waals surface area (Å²) in [5.74, 6) is -0.404. The Balaban J connectivity index is 2.32. The number of hydrogen-bond acceptors (Lipinski definition) is 3. The second-order valence-electron chi connectivity index (χ2n) is 5.69. The van der Waals surface area contributed by atoms with Crippen LogP contribution in [0.3, 0.4) is 0 Å². The van der Waals surface area contributed by atoms with Crippen molar-refractivity contribution in [3.05, 3.63) is 29.0 Å². The van der Waals surface area contributed by atoms with Gasteiger partial charge in [-0.15, -0.1) is 0 Å². The van der Waals surface area contributed by atoms with Crippen LogP contribution < -0.4 is 0 Å². The fourth-order valence-corrected chi connectivity index (χ4v) is 4.86. The van der Waals surface area contributed by atoms with E-state index in [1.807, 2.05) is 14.0 Å². The molecule has 1 fully saturated rings. The third-order valence-electron chi connectivity index (χ3n) is 4.08. The average Bonchev–Trinajstić information content (AvgIpc) is 2.40. The molecular weight excluding hydrogens is 315 g/mol. The van der Waals surface area contributed by atoms with Crippen LogP contribution in [-0.2, 0) is 10.0 Å². The highest BCUT2D eigenvalue weighted by Crippen LogP contribution is 2.29. The molecule has 1 aromatic rings. The van der Waals surface area contributed by atoms with Gasteiger partial charge in [0.25, 0.3) is 0 Å². The van der Waals surface area contributed by atoms with E-state index >= 15 is 0 Å². The zero-order valence-corrected chi connectivity index (χ0v) is 14.0. The van der Waals surface area contributed by atoms with Crippen LogP contribution in [0.5, 0.6) is 0 Å². The highest BCUT2D eigenvalue weighted by Gasteiger charge is 2.35. The van der Waals surface area contributed by atoms with E-state index in [0.717, 1.165) is 31.6 Å². The minimum Gasteiger partial charge on any atom is -0.306 e. The predicted octanol–water partition coefficient (Wildman–Crippen LogP) is 2.44. The normalized spacial score (nSPS) is 24.5. The van der Waals surface area contributed by atoms with Gasteiger partial charge >= 0.3 is 0 Å².